The minimum Gasteiger partial charge on any atom is -0.468 e. The molecule has 1 aromatic rings. The van der Waals surface area contributed by atoms with Crippen molar-refractivity contribution in [3.8, 4) is 0 Å². The molecule has 19 heavy (non-hydrogen) atoms. The zero-order chi connectivity index (χ0) is 14.0. The topological polar surface area (TPSA) is 67.6 Å². The second-order valence-electron chi connectivity index (χ2n) is 4.97. The fraction of sp³-hybridized carbons (Fsp3) is 0.462. The molecular weight excluding hydrogens is 266 g/mol. The average molecular weight is 283 g/mol. The molecule has 104 valence electrons. The Bertz CT molecular complexity index is 576. The molecule has 1 aliphatic rings. The van der Waals surface area contributed by atoms with Crippen LogP contribution in [0, 0.1) is 0 Å². The molecule has 0 bridgehead atoms. The quantitative estimate of drug-likeness (QED) is 0.783. The molecule has 0 N–H and O–H groups in total. The number of carbonyl (C=O) groups is 1. The average Bonchev–Trinajstić information content (AvgIpc) is 2.64. The molecule has 2 rings (SSSR count). The standard InChI is InChI=1S/C13H17NO4S/c1-10(2)6-13(15)14-7-12(8-14)19(16,17)9-11-4-3-5-18-11/h3-6,12H,7-9H2,1-2H3. The van der Waals surface area contributed by atoms with Crippen molar-refractivity contribution in [1.29, 1.82) is 0 Å². The second-order valence-corrected chi connectivity index (χ2v) is 7.25. The molecule has 1 fully saturated rings. The van der Waals surface area contributed by atoms with Gasteiger partial charge < -0.3 is 9.32 Å². The Labute approximate surface area is 112 Å². The van der Waals surface area contributed by atoms with Gasteiger partial charge in [0, 0.05) is 19.2 Å². The van der Waals surface area contributed by atoms with Gasteiger partial charge in [-0.25, -0.2) is 8.42 Å². The Morgan fingerprint density at radius 2 is 2.16 bits per heavy atom. The molecule has 1 saturated heterocycles. The Balaban J connectivity index is 1.93. The van der Waals surface area contributed by atoms with E-state index in [9.17, 15) is 13.2 Å². The number of furan rings is 1. The minimum absolute atomic E-state index is 0.102. The van der Waals surface area contributed by atoms with E-state index < -0.39 is 15.1 Å². The van der Waals surface area contributed by atoms with Crippen molar-refractivity contribution in [3.63, 3.8) is 0 Å². The van der Waals surface area contributed by atoms with Gasteiger partial charge in [0.2, 0.25) is 5.91 Å². The van der Waals surface area contributed by atoms with E-state index in [2.05, 4.69) is 0 Å². The van der Waals surface area contributed by atoms with E-state index in [1.165, 1.54) is 17.2 Å². The first-order chi connectivity index (χ1) is 8.88. The molecule has 0 spiro atoms. The van der Waals surface area contributed by atoms with Crippen LogP contribution < -0.4 is 0 Å². The molecule has 0 aromatic carbocycles. The summed E-state index contributed by atoms with van der Waals surface area (Å²) >= 11 is 0. The predicted octanol–water partition coefficient (Wildman–Crippen LogP) is 1.37. The van der Waals surface area contributed by atoms with Crippen molar-refractivity contribution in [2.45, 2.75) is 24.9 Å². The lowest BCUT2D eigenvalue weighted by Crippen LogP contribution is -2.56. The van der Waals surface area contributed by atoms with Crippen LogP contribution in [0.2, 0.25) is 0 Å². The van der Waals surface area contributed by atoms with Crippen molar-refractivity contribution in [2.24, 2.45) is 0 Å². The molecule has 0 radical (unpaired) electrons. The van der Waals surface area contributed by atoms with Gasteiger partial charge in [-0.3, -0.25) is 4.79 Å². The van der Waals surface area contributed by atoms with Gasteiger partial charge in [0.05, 0.1) is 11.5 Å². The lowest BCUT2D eigenvalue weighted by molar-refractivity contribution is -0.129. The third-order valence-electron chi connectivity index (χ3n) is 3.00. The zero-order valence-corrected chi connectivity index (χ0v) is 11.8. The van der Waals surface area contributed by atoms with Crippen molar-refractivity contribution in [1.82, 2.24) is 4.90 Å². The van der Waals surface area contributed by atoms with Crippen LogP contribution in [-0.2, 0) is 20.4 Å². The van der Waals surface area contributed by atoms with E-state index in [-0.39, 0.29) is 24.7 Å². The van der Waals surface area contributed by atoms with E-state index in [4.69, 9.17) is 4.42 Å². The summed E-state index contributed by atoms with van der Waals surface area (Å²) < 4.78 is 29.2. The van der Waals surface area contributed by atoms with Crippen molar-refractivity contribution < 1.29 is 17.6 Å². The highest BCUT2D eigenvalue weighted by molar-refractivity contribution is 7.91. The Kier molecular flexibility index (Phi) is 3.80. The van der Waals surface area contributed by atoms with Crippen LogP contribution in [0.25, 0.3) is 0 Å². The van der Waals surface area contributed by atoms with Crippen molar-refractivity contribution in [2.75, 3.05) is 13.1 Å². The Hall–Kier alpha value is -1.56. The highest BCUT2D eigenvalue weighted by Gasteiger charge is 2.39. The maximum absolute atomic E-state index is 12.1. The first kappa shape index (κ1) is 13.9. The molecule has 5 nitrogen and oxygen atoms in total. The molecule has 0 saturated carbocycles. The summed E-state index contributed by atoms with van der Waals surface area (Å²) in [7, 11) is -3.25. The number of carbonyl (C=O) groups excluding carboxylic acids is 1. The van der Waals surface area contributed by atoms with Gasteiger partial charge >= 0.3 is 0 Å². The summed E-state index contributed by atoms with van der Waals surface area (Å²) in [6.07, 6.45) is 2.98. The van der Waals surface area contributed by atoms with E-state index in [1.54, 1.807) is 12.1 Å². The lowest BCUT2D eigenvalue weighted by atomic mass is 10.2. The number of rotatable bonds is 4. The first-order valence-corrected chi connectivity index (χ1v) is 7.78. The van der Waals surface area contributed by atoms with Gasteiger partial charge in [-0.1, -0.05) is 5.57 Å². The van der Waals surface area contributed by atoms with Gasteiger partial charge in [0.1, 0.15) is 11.5 Å². The van der Waals surface area contributed by atoms with E-state index in [0.717, 1.165) is 5.57 Å². The predicted molar refractivity (Wildman–Crippen MR) is 71.1 cm³/mol. The van der Waals surface area contributed by atoms with E-state index in [0.29, 0.717) is 5.76 Å². The second kappa shape index (κ2) is 5.21. The minimum atomic E-state index is -3.25. The van der Waals surface area contributed by atoms with Crippen LogP contribution >= 0.6 is 0 Å². The molecular formula is C13H17NO4S. The normalized spacial score (nSPS) is 16.0. The maximum atomic E-state index is 12.1. The SMILES string of the molecule is CC(C)=CC(=O)N1CC(S(=O)(=O)Cc2ccco2)C1. The van der Waals surface area contributed by atoms with Crippen LogP contribution in [0.15, 0.2) is 34.5 Å². The number of allylic oxidation sites excluding steroid dienone is 1. The van der Waals surface area contributed by atoms with Crippen LogP contribution in [0.1, 0.15) is 19.6 Å². The lowest BCUT2D eigenvalue weighted by Gasteiger charge is -2.37. The van der Waals surface area contributed by atoms with Crippen LogP contribution in [0.3, 0.4) is 0 Å². The summed E-state index contributed by atoms with van der Waals surface area (Å²) in [5.41, 5.74) is 0.909. The summed E-state index contributed by atoms with van der Waals surface area (Å²) in [5.74, 6) is 0.216. The molecule has 6 heteroatoms. The van der Waals surface area contributed by atoms with E-state index in [1.807, 2.05) is 13.8 Å². The first-order valence-electron chi connectivity index (χ1n) is 6.06. The summed E-state index contributed by atoms with van der Waals surface area (Å²) in [6, 6.07) is 3.30. The van der Waals surface area contributed by atoms with Crippen LogP contribution in [-0.4, -0.2) is 37.6 Å². The number of amides is 1. The molecule has 1 amide bonds. The van der Waals surface area contributed by atoms with Crippen molar-refractivity contribution in [3.05, 3.63) is 35.8 Å². The Morgan fingerprint density at radius 1 is 1.47 bits per heavy atom. The third-order valence-corrected chi connectivity index (χ3v) is 5.00. The number of nitrogens with zero attached hydrogens (tertiary/aromatic N) is 1. The Morgan fingerprint density at radius 3 is 2.68 bits per heavy atom. The van der Waals surface area contributed by atoms with Crippen LogP contribution in [0.4, 0.5) is 0 Å². The largest absolute Gasteiger partial charge is 0.468 e. The molecule has 0 aliphatic carbocycles. The third kappa shape index (κ3) is 3.26. The van der Waals surface area contributed by atoms with Gasteiger partial charge in [0.25, 0.3) is 0 Å². The number of likely N-dealkylation sites (tertiary alicyclic amines) is 1. The van der Waals surface area contributed by atoms with Crippen molar-refractivity contribution >= 4 is 15.7 Å². The molecule has 1 aromatic heterocycles. The molecule has 0 atom stereocenters. The van der Waals surface area contributed by atoms with E-state index >= 15 is 0 Å². The van der Waals surface area contributed by atoms with Gasteiger partial charge in [-0.15, -0.1) is 0 Å². The number of hydrogen-bond acceptors (Lipinski definition) is 4. The van der Waals surface area contributed by atoms with Gasteiger partial charge in [-0.2, -0.15) is 0 Å². The van der Waals surface area contributed by atoms with Gasteiger partial charge in [-0.05, 0) is 26.0 Å². The fourth-order valence-electron chi connectivity index (χ4n) is 1.89. The number of hydrogen-bond donors (Lipinski definition) is 0. The van der Waals surface area contributed by atoms with Gasteiger partial charge in [0.15, 0.2) is 9.84 Å². The number of sulfone groups is 1. The van der Waals surface area contributed by atoms with Crippen LogP contribution in [0.5, 0.6) is 0 Å². The highest BCUT2D eigenvalue weighted by Crippen LogP contribution is 2.21. The maximum Gasteiger partial charge on any atom is 0.246 e. The molecule has 2 heterocycles. The summed E-state index contributed by atoms with van der Waals surface area (Å²) in [4.78, 5) is 13.2. The molecule has 0 unspecified atom stereocenters. The highest BCUT2D eigenvalue weighted by atomic mass is 32.2. The monoisotopic (exact) mass is 283 g/mol. The smallest absolute Gasteiger partial charge is 0.246 e. The molecule has 1 aliphatic heterocycles. The summed E-state index contributed by atoms with van der Waals surface area (Å²) in [6.45, 7) is 4.21. The fourth-order valence-corrected chi connectivity index (χ4v) is 3.50. The zero-order valence-electron chi connectivity index (χ0n) is 11.0. The summed E-state index contributed by atoms with van der Waals surface area (Å²) in [5, 5.41) is -0.480.